The third kappa shape index (κ3) is 1.58. The lowest BCUT2D eigenvalue weighted by molar-refractivity contribution is 0.0267. The highest BCUT2D eigenvalue weighted by molar-refractivity contribution is 7.91. The van der Waals surface area contributed by atoms with Crippen molar-refractivity contribution in [2.45, 2.75) is 38.9 Å². The van der Waals surface area contributed by atoms with Crippen LogP contribution in [-0.4, -0.2) is 32.1 Å². The molecule has 0 aromatic rings. The zero-order valence-electron chi connectivity index (χ0n) is 8.77. The van der Waals surface area contributed by atoms with Gasteiger partial charge in [-0.15, -0.1) is 0 Å². The van der Waals surface area contributed by atoms with Gasteiger partial charge in [0.25, 0.3) is 0 Å². The van der Waals surface area contributed by atoms with E-state index in [0.717, 1.165) is 12.8 Å². The number of fused-ring (bicyclic) bond motifs is 1. The molecular weight excluding hydrogens is 200 g/mol. The summed E-state index contributed by atoms with van der Waals surface area (Å²) < 4.78 is 28.9. The Morgan fingerprint density at radius 2 is 1.50 bits per heavy atom. The molecule has 2 fully saturated rings. The summed E-state index contributed by atoms with van der Waals surface area (Å²) in [6, 6.07) is 0. The van der Waals surface area contributed by atoms with Gasteiger partial charge in [0.15, 0.2) is 9.84 Å². The molecule has 2 saturated heterocycles. The summed E-state index contributed by atoms with van der Waals surface area (Å²) in [5, 5.41) is 0. The van der Waals surface area contributed by atoms with Gasteiger partial charge in [-0.1, -0.05) is 13.8 Å². The van der Waals surface area contributed by atoms with Crippen LogP contribution in [0, 0.1) is 11.8 Å². The predicted octanol–water partition coefficient (Wildman–Crippen LogP) is 1.23. The zero-order valence-corrected chi connectivity index (χ0v) is 9.59. The van der Waals surface area contributed by atoms with Crippen LogP contribution in [0.4, 0.5) is 0 Å². The molecule has 0 aliphatic carbocycles. The third-order valence-corrected chi connectivity index (χ3v) is 5.34. The number of hydrogen-bond donors (Lipinski definition) is 0. The van der Waals surface area contributed by atoms with Crippen molar-refractivity contribution in [2.75, 3.05) is 11.5 Å². The molecule has 0 saturated carbocycles. The molecule has 2 aliphatic heterocycles. The predicted molar refractivity (Wildman–Crippen MR) is 54.9 cm³/mol. The lowest BCUT2D eigenvalue weighted by Gasteiger charge is -2.14. The maximum Gasteiger partial charge on any atom is 0.151 e. The van der Waals surface area contributed by atoms with Gasteiger partial charge in [-0.05, 0) is 12.8 Å². The highest BCUT2D eigenvalue weighted by Crippen LogP contribution is 2.42. The van der Waals surface area contributed by atoms with Gasteiger partial charge >= 0.3 is 0 Å². The van der Waals surface area contributed by atoms with Gasteiger partial charge < -0.3 is 4.74 Å². The number of ether oxygens (including phenoxy) is 1. The highest BCUT2D eigenvalue weighted by Gasteiger charge is 2.50. The van der Waals surface area contributed by atoms with Crippen molar-refractivity contribution < 1.29 is 13.2 Å². The van der Waals surface area contributed by atoms with Crippen molar-refractivity contribution in [3.05, 3.63) is 0 Å². The van der Waals surface area contributed by atoms with Crippen molar-refractivity contribution in [1.82, 2.24) is 0 Å². The summed E-state index contributed by atoms with van der Waals surface area (Å²) >= 11 is 0. The Balaban J connectivity index is 2.20. The Labute approximate surface area is 85.8 Å². The molecule has 4 atom stereocenters. The van der Waals surface area contributed by atoms with Gasteiger partial charge in [-0.25, -0.2) is 8.42 Å². The second-order valence-corrected chi connectivity index (χ2v) is 6.59. The van der Waals surface area contributed by atoms with Crippen LogP contribution < -0.4 is 0 Å². The van der Waals surface area contributed by atoms with Crippen LogP contribution in [0.2, 0.25) is 0 Å². The van der Waals surface area contributed by atoms with E-state index in [0.29, 0.717) is 11.5 Å². The van der Waals surface area contributed by atoms with Crippen molar-refractivity contribution in [2.24, 2.45) is 11.8 Å². The molecule has 2 aliphatic rings. The van der Waals surface area contributed by atoms with Crippen LogP contribution in [0.25, 0.3) is 0 Å². The molecule has 0 N–H and O–H groups in total. The SMILES string of the molecule is CCC1OC(CC)C2CS(=O)(=O)CC12. The molecule has 0 aromatic heterocycles. The van der Waals surface area contributed by atoms with Crippen LogP contribution in [0.5, 0.6) is 0 Å². The summed E-state index contributed by atoms with van der Waals surface area (Å²) in [6.45, 7) is 4.15. The first-order chi connectivity index (χ1) is 6.57. The minimum absolute atomic E-state index is 0.183. The second-order valence-electron chi connectivity index (χ2n) is 4.43. The summed E-state index contributed by atoms with van der Waals surface area (Å²) in [5.41, 5.74) is 0. The van der Waals surface area contributed by atoms with E-state index >= 15 is 0 Å². The molecule has 4 unspecified atom stereocenters. The smallest absolute Gasteiger partial charge is 0.151 e. The Hall–Kier alpha value is -0.0900. The molecule has 0 spiro atoms. The van der Waals surface area contributed by atoms with Crippen molar-refractivity contribution in [1.29, 1.82) is 0 Å². The van der Waals surface area contributed by atoms with Gasteiger partial charge in [-0.3, -0.25) is 0 Å². The standard InChI is InChI=1S/C10H18O3S/c1-3-9-7-5-14(11,12)6-8(7)10(4-2)13-9/h7-10H,3-6H2,1-2H3. The van der Waals surface area contributed by atoms with Gasteiger partial charge in [0.2, 0.25) is 0 Å². The van der Waals surface area contributed by atoms with E-state index in [4.69, 9.17) is 4.74 Å². The van der Waals surface area contributed by atoms with Gasteiger partial charge in [0.1, 0.15) is 0 Å². The van der Waals surface area contributed by atoms with Crippen LogP contribution >= 0.6 is 0 Å². The van der Waals surface area contributed by atoms with Crippen LogP contribution in [-0.2, 0) is 14.6 Å². The fourth-order valence-electron chi connectivity index (χ4n) is 2.89. The van der Waals surface area contributed by atoms with Gasteiger partial charge in [0.05, 0.1) is 23.7 Å². The van der Waals surface area contributed by atoms with E-state index in [2.05, 4.69) is 13.8 Å². The third-order valence-electron chi connectivity index (χ3n) is 3.55. The lowest BCUT2D eigenvalue weighted by Crippen LogP contribution is -2.19. The highest BCUT2D eigenvalue weighted by atomic mass is 32.2. The Morgan fingerprint density at radius 1 is 1.07 bits per heavy atom. The quantitative estimate of drug-likeness (QED) is 0.700. The van der Waals surface area contributed by atoms with E-state index < -0.39 is 9.84 Å². The minimum atomic E-state index is -2.77. The van der Waals surface area contributed by atoms with Gasteiger partial charge in [0, 0.05) is 11.8 Å². The van der Waals surface area contributed by atoms with E-state index in [1.54, 1.807) is 0 Å². The largest absolute Gasteiger partial charge is 0.374 e. The summed E-state index contributed by atoms with van der Waals surface area (Å²) in [7, 11) is -2.77. The van der Waals surface area contributed by atoms with Crippen molar-refractivity contribution >= 4 is 9.84 Å². The van der Waals surface area contributed by atoms with Crippen LogP contribution in [0.15, 0.2) is 0 Å². The van der Waals surface area contributed by atoms with Crippen molar-refractivity contribution in [3.63, 3.8) is 0 Å². The van der Waals surface area contributed by atoms with Crippen molar-refractivity contribution in [3.8, 4) is 0 Å². The van der Waals surface area contributed by atoms with E-state index in [1.165, 1.54) is 0 Å². The first-order valence-corrected chi connectivity index (χ1v) is 7.25. The number of sulfone groups is 1. The summed E-state index contributed by atoms with van der Waals surface area (Å²) in [4.78, 5) is 0. The Bertz CT molecular complexity index is 285. The van der Waals surface area contributed by atoms with Gasteiger partial charge in [-0.2, -0.15) is 0 Å². The Morgan fingerprint density at radius 3 is 1.86 bits per heavy atom. The average molecular weight is 218 g/mol. The minimum Gasteiger partial charge on any atom is -0.374 e. The van der Waals surface area contributed by atoms with E-state index in [-0.39, 0.29) is 24.0 Å². The number of hydrogen-bond acceptors (Lipinski definition) is 3. The van der Waals surface area contributed by atoms with E-state index in [1.807, 2.05) is 0 Å². The van der Waals surface area contributed by atoms with Crippen LogP contribution in [0.1, 0.15) is 26.7 Å². The maximum atomic E-state index is 11.5. The molecule has 4 heteroatoms. The molecule has 0 amide bonds. The molecule has 3 nitrogen and oxygen atoms in total. The number of rotatable bonds is 2. The molecular formula is C10H18O3S. The molecule has 14 heavy (non-hydrogen) atoms. The zero-order chi connectivity index (χ0) is 10.3. The topological polar surface area (TPSA) is 43.4 Å². The molecule has 82 valence electrons. The summed E-state index contributed by atoms with van der Waals surface area (Å²) in [6.07, 6.45) is 2.24. The normalized spacial score (nSPS) is 45.3. The van der Waals surface area contributed by atoms with Crippen LogP contribution in [0.3, 0.4) is 0 Å². The molecule has 2 rings (SSSR count). The Kier molecular flexibility index (Phi) is 2.60. The molecule has 0 radical (unpaired) electrons. The van der Waals surface area contributed by atoms with E-state index in [9.17, 15) is 8.42 Å². The average Bonchev–Trinajstić information content (AvgIpc) is 2.57. The molecule has 2 heterocycles. The monoisotopic (exact) mass is 218 g/mol. The lowest BCUT2D eigenvalue weighted by atomic mass is 9.89. The fraction of sp³-hybridized carbons (Fsp3) is 1.00. The first-order valence-electron chi connectivity index (χ1n) is 5.43. The summed E-state index contributed by atoms with van der Waals surface area (Å²) in [5.74, 6) is 1.25. The fourth-order valence-corrected chi connectivity index (χ4v) is 5.12. The second kappa shape index (κ2) is 3.49. The maximum absolute atomic E-state index is 11.5. The first kappa shape index (κ1) is 10.4. The molecule has 0 bridgehead atoms. The molecule has 0 aromatic carbocycles.